The Labute approximate surface area is 92.9 Å². The van der Waals surface area contributed by atoms with Crippen molar-refractivity contribution in [3.05, 3.63) is 46.2 Å². The largest absolute Gasteiger partial charge is 0.359 e. The number of carbonyl (C=O) groups excluding carboxylic acids is 1. The molecule has 0 aromatic heterocycles. The molecule has 0 radical (unpaired) electrons. The second kappa shape index (κ2) is 5.06. The van der Waals surface area contributed by atoms with Crippen molar-refractivity contribution in [2.24, 2.45) is 0 Å². The highest BCUT2D eigenvalue weighted by Crippen LogP contribution is 2.18. The van der Waals surface area contributed by atoms with Gasteiger partial charge in [-0.1, -0.05) is 6.07 Å². The highest BCUT2D eigenvalue weighted by atomic mass is 16.6. The number of carbonyl (C=O) groups is 1. The third-order valence-electron chi connectivity index (χ3n) is 1.82. The third-order valence-corrected chi connectivity index (χ3v) is 1.82. The molecule has 16 heavy (non-hydrogen) atoms. The van der Waals surface area contributed by atoms with Crippen molar-refractivity contribution in [3.63, 3.8) is 0 Å². The molecule has 5 heteroatoms. The quantitative estimate of drug-likeness (QED) is 0.480. The zero-order chi connectivity index (χ0) is 12.1. The summed E-state index contributed by atoms with van der Waals surface area (Å²) in [6.07, 6.45) is 1.43. The van der Waals surface area contributed by atoms with E-state index in [1.165, 1.54) is 25.1 Å². The minimum atomic E-state index is -0.463. The maximum atomic E-state index is 10.8. The topological polar surface area (TPSA) is 72.2 Å². The Morgan fingerprint density at radius 2 is 2.12 bits per heavy atom. The highest BCUT2D eigenvalue weighted by molar-refractivity contribution is 5.88. The summed E-state index contributed by atoms with van der Waals surface area (Å²) in [5.74, 6) is -0.0737. The van der Waals surface area contributed by atoms with Gasteiger partial charge < -0.3 is 5.32 Å². The Balaban J connectivity index is 2.86. The molecule has 1 N–H and O–H groups in total. The molecule has 84 valence electrons. The normalized spacial score (nSPS) is 11.0. The number of allylic oxidation sites excluding steroid dienone is 2. The Morgan fingerprint density at radius 3 is 2.69 bits per heavy atom. The van der Waals surface area contributed by atoms with Gasteiger partial charge in [0.25, 0.3) is 5.69 Å². The smallest absolute Gasteiger partial charge is 0.271 e. The number of benzene rings is 1. The summed E-state index contributed by atoms with van der Waals surface area (Å²) in [5, 5.41) is 13.4. The lowest BCUT2D eigenvalue weighted by Crippen LogP contribution is -1.98. The zero-order valence-corrected chi connectivity index (χ0v) is 9.06. The standard InChI is InChI=1S/C11H12N2O3/c1-8(6-9(2)14)12-10-4-3-5-11(7-10)13(15)16/h3-7,12H,1-2H3/b8-6-. The Kier molecular flexibility index (Phi) is 3.77. The number of nitrogens with one attached hydrogen (secondary N) is 1. The predicted molar refractivity (Wildman–Crippen MR) is 61.2 cm³/mol. The van der Waals surface area contributed by atoms with Gasteiger partial charge in [-0.15, -0.1) is 0 Å². The van der Waals surface area contributed by atoms with Crippen LogP contribution in [-0.4, -0.2) is 10.7 Å². The van der Waals surface area contributed by atoms with Crippen molar-refractivity contribution in [3.8, 4) is 0 Å². The molecule has 0 saturated carbocycles. The van der Waals surface area contributed by atoms with Crippen LogP contribution in [0.3, 0.4) is 0 Å². The molecule has 0 aliphatic rings. The highest BCUT2D eigenvalue weighted by Gasteiger charge is 2.05. The molecular formula is C11H12N2O3. The molecule has 1 rings (SSSR count). The third kappa shape index (κ3) is 3.53. The van der Waals surface area contributed by atoms with Crippen LogP contribution in [-0.2, 0) is 4.79 Å². The van der Waals surface area contributed by atoms with Crippen LogP contribution in [0.4, 0.5) is 11.4 Å². The molecule has 0 heterocycles. The number of nitrogens with zero attached hydrogens (tertiary/aromatic N) is 1. The summed E-state index contributed by atoms with van der Waals surface area (Å²) in [6, 6.07) is 6.11. The van der Waals surface area contributed by atoms with E-state index in [9.17, 15) is 14.9 Å². The summed E-state index contributed by atoms with van der Waals surface area (Å²) in [5.41, 5.74) is 1.25. The average molecular weight is 220 g/mol. The summed E-state index contributed by atoms with van der Waals surface area (Å²) in [6.45, 7) is 3.17. The fourth-order valence-corrected chi connectivity index (χ4v) is 1.27. The summed E-state index contributed by atoms with van der Waals surface area (Å²) >= 11 is 0. The van der Waals surface area contributed by atoms with Gasteiger partial charge in [-0.2, -0.15) is 0 Å². The number of ketones is 1. The van der Waals surface area contributed by atoms with E-state index in [1.54, 1.807) is 19.1 Å². The van der Waals surface area contributed by atoms with Gasteiger partial charge in [0.2, 0.25) is 0 Å². The monoisotopic (exact) mass is 220 g/mol. The van der Waals surface area contributed by atoms with E-state index in [0.29, 0.717) is 11.4 Å². The van der Waals surface area contributed by atoms with Crippen molar-refractivity contribution >= 4 is 17.2 Å². The van der Waals surface area contributed by atoms with Gasteiger partial charge in [-0.05, 0) is 26.0 Å². The molecule has 0 saturated heterocycles. The van der Waals surface area contributed by atoms with Gasteiger partial charge in [0.05, 0.1) is 4.92 Å². The fourth-order valence-electron chi connectivity index (χ4n) is 1.27. The molecule has 0 unspecified atom stereocenters. The fraction of sp³-hybridized carbons (Fsp3) is 0.182. The van der Waals surface area contributed by atoms with E-state index in [0.717, 1.165) is 0 Å². The number of nitro benzene ring substituents is 1. The van der Waals surface area contributed by atoms with Gasteiger partial charge in [-0.3, -0.25) is 14.9 Å². The first-order valence-corrected chi connectivity index (χ1v) is 4.69. The first-order chi connectivity index (χ1) is 7.49. The number of anilines is 1. The maximum Gasteiger partial charge on any atom is 0.271 e. The molecule has 0 fully saturated rings. The van der Waals surface area contributed by atoms with E-state index in [-0.39, 0.29) is 11.5 Å². The van der Waals surface area contributed by atoms with E-state index < -0.39 is 4.92 Å². The zero-order valence-electron chi connectivity index (χ0n) is 9.06. The van der Waals surface area contributed by atoms with Crippen LogP contribution < -0.4 is 5.32 Å². The lowest BCUT2D eigenvalue weighted by molar-refractivity contribution is -0.384. The summed E-state index contributed by atoms with van der Waals surface area (Å²) in [4.78, 5) is 20.9. The van der Waals surface area contributed by atoms with Gasteiger partial charge >= 0.3 is 0 Å². The van der Waals surface area contributed by atoms with Crippen molar-refractivity contribution < 1.29 is 9.72 Å². The molecule has 0 spiro atoms. The molecular weight excluding hydrogens is 208 g/mol. The molecule has 0 amide bonds. The van der Waals surface area contributed by atoms with Crippen molar-refractivity contribution in [1.82, 2.24) is 0 Å². The molecule has 0 atom stereocenters. The Morgan fingerprint density at radius 1 is 1.44 bits per heavy atom. The molecule has 0 aliphatic heterocycles. The van der Waals surface area contributed by atoms with E-state index >= 15 is 0 Å². The van der Waals surface area contributed by atoms with Crippen LogP contribution in [0.5, 0.6) is 0 Å². The number of rotatable bonds is 4. The van der Waals surface area contributed by atoms with Crippen molar-refractivity contribution in [1.29, 1.82) is 0 Å². The minimum absolute atomic E-state index is 0.0145. The van der Waals surface area contributed by atoms with Gasteiger partial charge in [0.1, 0.15) is 0 Å². The van der Waals surface area contributed by atoms with Crippen LogP contribution in [0, 0.1) is 10.1 Å². The maximum absolute atomic E-state index is 10.8. The molecule has 5 nitrogen and oxygen atoms in total. The van der Waals surface area contributed by atoms with Crippen LogP contribution in [0.25, 0.3) is 0 Å². The van der Waals surface area contributed by atoms with Crippen LogP contribution >= 0.6 is 0 Å². The molecule has 0 aliphatic carbocycles. The second-order valence-corrected chi connectivity index (χ2v) is 3.37. The SMILES string of the molecule is CC(=O)/C=C(/C)Nc1cccc([N+](=O)[O-])c1. The lowest BCUT2D eigenvalue weighted by Gasteiger charge is -2.05. The first-order valence-electron chi connectivity index (χ1n) is 4.69. The average Bonchev–Trinajstić information content (AvgIpc) is 2.16. The minimum Gasteiger partial charge on any atom is -0.359 e. The van der Waals surface area contributed by atoms with Gasteiger partial charge in [0.15, 0.2) is 5.78 Å². The predicted octanol–water partition coefficient (Wildman–Crippen LogP) is 2.50. The van der Waals surface area contributed by atoms with Crippen LogP contribution in [0.2, 0.25) is 0 Å². The number of hydrogen-bond donors (Lipinski definition) is 1. The van der Waals surface area contributed by atoms with Crippen molar-refractivity contribution in [2.75, 3.05) is 5.32 Å². The number of hydrogen-bond acceptors (Lipinski definition) is 4. The van der Waals surface area contributed by atoms with Crippen molar-refractivity contribution in [2.45, 2.75) is 13.8 Å². The van der Waals surface area contributed by atoms with E-state index in [4.69, 9.17) is 0 Å². The number of non-ortho nitro benzene ring substituents is 1. The van der Waals surface area contributed by atoms with Crippen LogP contribution in [0.1, 0.15) is 13.8 Å². The van der Waals surface area contributed by atoms with E-state index in [1.807, 2.05) is 0 Å². The van der Waals surface area contributed by atoms with Gasteiger partial charge in [0, 0.05) is 23.5 Å². The van der Waals surface area contributed by atoms with Gasteiger partial charge in [-0.25, -0.2) is 0 Å². The molecule has 1 aromatic carbocycles. The number of nitro groups is 1. The van der Waals surface area contributed by atoms with E-state index in [2.05, 4.69) is 5.32 Å². The second-order valence-electron chi connectivity index (χ2n) is 3.37. The molecule has 0 bridgehead atoms. The van der Waals surface area contributed by atoms with Crippen LogP contribution in [0.15, 0.2) is 36.0 Å². The first kappa shape index (κ1) is 11.9. The lowest BCUT2D eigenvalue weighted by atomic mass is 10.2. The Hall–Kier alpha value is -2.17. The Bertz CT molecular complexity index is 452. The summed E-state index contributed by atoms with van der Waals surface area (Å²) < 4.78 is 0. The molecule has 1 aromatic rings. The summed E-state index contributed by atoms with van der Waals surface area (Å²) in [7, 11) is 0.